The van der Waals surface area contributed by atoms with Crippen LogP contribution in [0.4, 0.5) is 0 Å². The van der Waals surface area contributed by atoms with Gasteiger partial charge in [0, 0.05) is 25.3 Å². The molecule has 0 radical (unpaired) electrons. The first-order valence-corrected chi connectivity index (χ1v) is 9.31. The van der Waals surface area contributed by atoms with Crippen molar-refractivity contribution in [3.63, 3.8) is 0 Å². The van der Waals surface area contributed by atoms with Gasteiger partial charge in [0.2, 0.25) is 0 Å². The number of aromatic nitrogens is 2. The molecule has 2 aromatic rings. The number of aliphatic imine (C=N–C) groups is 1. The second kappa shape index (κ2) is 10.5. The van der Waals surface area contributed by atoms with E-state index in [-0.39, 0.29) is 0 Å². The van der Waals surface area contributed by atoms with E-state index in [1.807, 2.05) is 29.8 Å². The summed E-state index contributed by atoms with van der Waals surface area (Å²) >= 11 is 0. The minimum absolute atomic E-state index is 0.598. The fourth-order valence-corrected chi connectivity index (χ4v) is 2.70. The third-order valence-electron chi connectivity index (χ3n) is 3.99. The Morgan fingerprint density at radius 1 is 1.19 bits per heavy atom. The Labute approximate surface area is 156 Å². The Hall–Kier alpha value is -2.50. The van der Waals surface area contributed by atoms with E-state index < -0.39 is 0 Å². The van der Waals surface area contributed by atoms with Crippen LogP contribution in [0.15, 0.2) is 35.3 Å². The fraction of sp³-hybridized carbons (Fsp3) is 0.500. The summed E-state index contributed by atoms with van der Waals surface area (Å²) in [6.07, 6.45) is 0.957. The van der Waals surface area contributed by atoms with Gasteiger partial charge in [0.15, 0.2) is 5.96 Å². The molecule has 1 aromatic heterocycles. The van der Waals surface area contributed by atoms with Crippen molar-refractivity contribution in [2.24, 2.45) is 4.99 Å². The quantitative estimate of drug-likeness (QED) is 0.411. The van der Waals surface area contributed by atoms with Gasteiger partial charge in [-0.2, -0.15) is 5.10 Å². The molecule has 0 fully saturated rings. The standard InChI is InChI=1S/C20H31N5O/c1-5-21-20(22-11-8-13-25-18(4)15-17(3)24-25)23-12-14-26-19-10-7-6-9-16(19)2/h6-7,9-10,15H,5,8,11-14H2,1-4H3,(H2,21,22,23). The number of guanidine groups is 1. The Bertz CT molecular complexity index is 708. The predicted molar refractivity (Wildman–Crippen MR) is 107 cm³/mol. The number of hydrogen-bond acceptors (Lipinski definition) is 3. The second-order valence-corrected chi connectivity index (χ2v) is 6.31. The van der Waals surface area contributed by atoms with Gasteiger partial charge >= 0.3 is 0 Å². The third kappa shape index (κ3) is 6.43. The second-order valence-electron chi connectivity index (χ2n) is 6.31. The van der Waals surface area contributed by atoms with Gasteiger partial charge < -0.3 is 15.4 Å². The Morgan fingerprint density at radius 3 is 2.69 bits per heavy atom. The lowest BCUT2D eigenvalue weighted by atomic mass is 10.2. The van der Waals surface area contributed by atoms with Crippen LogP contribution in [0.25, 0.3) is 0 Å². The van der Waals surface area contributed by atoms with Crippen molar-refractivity contribution in [2.75, 3.05) is 26.2 Å². The van der Waals surface area contributed by atoms with E-state index in [4.69, 9.17) is 4.74 Å². The minimum Gasteiger partial charge on any atom is -0.491 e. The molecule has 0 aliphatic heterocycles. The van der Waals surface area contributed by atoms with Crippen LogP contribution in [0.2, 0.25) is 0 Å². The summed E-state index contributed by atoms with van der Waals surface area (Å²) in [4.78, 5) is 4.62. The molecule has 142 valence electrons. The number of para-hydroxylation sites is 1. The van der Waals surface area contributed by atoms with Crippen molar-refractivity contribution in [1.82, 2.24) is 20.4 Å². The number of rotatable bonds is 9. The molecule has 1 aromatic carbocycles. The topological polar surface area (TPSA) is 63.5 Å². The molecule has 0 aliphatic carbocycles. The summed E-state index contributed by atoms with van der Waals surface area (Å²) in [5.41, 5.74) is 3.41. The van der Waals surface area contributed by atoms with Crippen LogP contribution in [-0.4, -0.2) is 42.0 Å². The lowest BCUT2D eigenvalue weighted by molar-refractivity contribution is 0.320. The Kier molecular flexibility index (Phi) is 7.99. The van der Waals surface area contributed by atoms with Crippen LogP contribution < -0.4 is 15.4 Å². The molecule has 2 N–H and O–H groups in total. The zero-order valence-corrected chi connectivity index (χ0v) is 16.4. The van der Waals surface area contributed by atoms with Crippen molar-refractivity contribution in [3.05, 3.63) is 47.3 Å². The van der Waals surface area contributed by atoms with E-state index >= 15 is 0 Å². The van der Waals surface area contributed by atoms with Gasteiger partial charge in [-0.1, -0.05) is 18.2 Å². The van der Waals surface area contributed by atoms with Crippen LogP contribution in [0.5, 0.6) is 5.75 Å². The van der Waals surface area contributed by atoms with Crippen LogP contribution in [0.3, 0.4) is 0 Å². The zero-order valence-electron chi connectivity index (χ0n) is 16.4. The summed E-state index contributed by atoms with van der Waals surface area (Å²) in [7, 11) is 0. The molecule has 6 heteroatoms. The summed E-state index contributed by atoms with van der Waals surface area (Å²) in [6, 6.07) is 10.2. The van der Waals surface area contributed by atoms with Crippen LogP contribution in [0, 0.1) is 20.8 Å². The molecule has 2 rings (SSSR count). The molecule has 0 saturated carbocycles. The number of hydrogen-bond donors (Lipinski definition) is 2. The number of nitrogens with zero attached hydrogens (tertiary/aromatic N) is 3. The molecular formula is C20H31N5O. The van der Waals surface area contributed by atoms with Crippen molar-refractivity contribution in [1.29, 1.82) is 0 Å². The Balaban J connectivity index is 1.72. The van der Waals surface area contributed by atoms with E-state index in [0.717, 1.165) is 49.0 Å². The first kappa shape index (κ1) is 19.8. The third-order valence-corrected chi connectivity index (χ3v) is 3.99. The van der Waals surface area contributed by atoms with Gasteiger partial charge in [0.05, 0.1) is 12.2 Å². The highest BCUT2D eigenvalue weighted by molar-refractivity contribution is 5.79. The largest absolute Gasteiger partial charge is 0.491 e. The lowest BCUT2D eigenvalue weighted by Gasteiger charge is -2.13. The number of aryl methyl sites for hydroxylation is 4. The van der Waals surface area contributed by atoms with Crippen LogP contribution in [-0.2, 0) is 6.54 Å². The van der Waals surface area contributed by atoms with Gasteiger partial charge in [-0.25, -0.2) is 0 Å². The first-order valence-electron chi connectivity index (χ1n) is 9.31. The smallest absolute Gasteiger partial charge is 0.191 e. The molecule has 0 atom stereocenters. The number of benzene rings is 1. The van der Waals surface area contributed by atoms with Gasteiger partial charge in [-0.05, 0) is 51.8 Å². The molecule has 0 aliphatic rings. The molecule has 0 spiro atoms. The maximum Gasteiger partial charge on any atom is 0.191 e. The van der Waals surface area contributed by atoms with Gasteiger partial charge in [-0.3, -0.25) is 9.67 Å². The average Bonchev–Trinajstić information content (AvgIpc) is 2.94. The lowest BCUT2D eigenvalue weighted by Crippen LogP contribution is -2.39. The molecule has 6 nitrogen and oxygen atoms in total. The van der Waals surface area contributed by atoms with Crippen molar-refractivity contribution >= 4 is 5.96 Å². The highest BCUT2D eigenvalue weighted by atomic mass is 16.5. The van der Waals surface area contributed by atoms with Crippen molar-refractivity contribution in [2.45, 2.75) is 40.7 Å². The summed E-state index contributed by atoms with van der Waals surface area (Å²) in [5, 5.41) is 11.1. The fourth-order valence-electron chi connectivity index (χ4n) is 2.70. The van der Waals surface area contributed by atoms with Gasteiger partial charge in [0.1, 0.15) is 12.4 Å². The maximum absolute atomic E-state index is 5.81. The predicted octanol–water partition coefficient (Wildman–Crippen LogP) is 2.83. The molecule has 26 heavy (non-hydrogen) atoms. The van der Waals surface area contributed by atoms with E-state index in [0.29, 0.717) is 13.2 Å². The molecule has 1 heterocycles. The molecule has 0 bridgehead atoms. The van der Waals surface area contributed by atoms with Gasteiger partial charge in [-0.15, -0.1) is 0 Å². The van der Waals surface area contributed by atoms with E-state index in [1.165, 1.54) is 5.69 Å². The Morgan fingerprint density at radius 2 is 2.00 bits per heavy atom. The number of nitrogens with one attached hydrogen (secondary N) is 2. The van der Waals surface area contributed by atoms with Crippen molar-refractivity contribution < 1.29 is 4.74 Å². The van der Waals surface area contributed by atoms with E-state index in [1.54, 1.807) is 0 Å². The average molecular weight is 358 g/mol. The normalized spacial score (nSPS) is 11.5. The molecule has 0 saturated heterocycles. The zero-order chi connectivity index (χ0) is 18.8. The van der Waals surface area contributed by atoms with E-state index in [2.05, 4.69) is 53.6 Å². The number of ether oxygens (including phenoxy) is 1. The van der Waals surface area contributed by atoms with Crippen LogP contribution >= 0.6 is 0 Å². The van der Waals surface area contributed by atoms with Crippen molar-refractivity contribution in [3.8, 4) is 5.75 Å². The summed E-state index contributed by atoms with van der Waals surface area (Å²) < 4.78 is 7.85. The first-order chi connectivity index (χ1) is 12.6. The maximum atomic E-state index is 5.81. The summed E-state index contributed by atoms with van der Waals surface area (Å²) in [5.74, 6) is 1.76. The highest BCUT2D eigenvalue weighted by Crippen LogP contribution is 2.15. The minimum atomic E-state index is 0.598. The molecule has 0 unspecified atom stereocenters. The highest BCUT2D eigenvalue weighted by Gasteiger charge is 2.01. The summed E-state index contributed by atoms with van der Waals surface area (Å²) in [6.45, 7) is 12.0. The molecule has 0 amide bonds. The van der Waals surface area contributed by atoms with Gasteiger partial charge in [0.25, 0.3) is 0 Å². The SMILES string of the molecule is CCNC(=NCCCn1nc(C)cc1C)NCCOc1ccccc1C. The monoisotopic (exact) mass is 357 g/mol. The van der Waals surface area contributed by atoms with E-state index in [9.17, 15) is 0 Å². The van der Waals surface area contributed by atoms with Crippen LogP contribution in [0.1, 0.15) is 30.3 Å². The molecular weight excluding hydrogens is 326 g/mol.